The Morgan fingerprint density at radius 3 is 2.52 bits per heavy atom. The van der Waals surface area contributed by atoms with Gasteiger partial charge in [0.15, 0.2) is 0 Å². The number of anilines is 1. The molecule has 0 saturated heterocycles. The molecule has 0 aliphatic heterocycles. The van der Waals surface area contributed by atoms with Crippen molar-refractivity contribution in [1.29, 1.82) is 0 Å². The van der Waals surface area contributed by atoms with E-state index < -0.39 is 10.0 Å². The van der Waals surface area contributed by atoms with Crippen LogP contribution in [0.5, 0.6) is 5.75 Å². The van der Waals surface area contributed by atoms with Crippen molar-refractivity contribution < 1.29 is 13.2 Å². The van der Waals surface area contributed by atoms with Gasteiger partial charge in [0.1, 0.15) is 5.75 Å². The highest BCUT2D eigenvalue weighted by Crippen LogP contribution is 2.13. The third-order valence-corrected chi connectivity index (χ3v) is 3.61. The number of rotatable bonds is 5. The summed E-state index contributed by atoms with van der Waals surface area (Å²) in [5.74, 6) is 0.747. The van der Waals surface area contributed by atoms with Crippen LogP contribution in [-0.2, 0) is 10.0 Å². The summed E-state index contributed by atoms with van der Waals surface area (Å²) in [6, 6.07) is 13.4. The van der Waals surface area contributed by atoms with Crippen molar-refractivity contribution in [2.75, 3.05) is 12.5 Å². The molecule has 0 saturated carbocycles. The van der Waals surface area contributed by atoms with Crippen LogP contribution < -0.4 is 15.3 Å². The van der Waals surface area contributed by atoms with Gasteiger partial charge in [0.25, 0.3) is 0 Å². The fourth-order valence-electron chi connectivity index (χ4n) is 1.62. The summed E-state index contributed by atoms with van der Waals surface area (Å²) in [7, 11) is -2.07. The van der Waals surface area contributed by atoms with Crippen molar-refractivity contribution in [1.82, 2.24) is 0 Å². The zero-order valence-corrected chi connectivity index (χ0v) is 12.2. The first kappa shape index (κ1) is 15.0. The molecule has 0 bridgehead atoms. The number of sulfonamides is 1. The number of ether oxygens (including phenoxy) is 1. The lowest BCUT2D eigenvalue weighted by Crippen LogP contribution is -2.11. The number of nitrogens with two attached hydrogens (primary N) is 1. The van der Waals surface area contributed by atoms with Gasteiger partial charge in [-0.15, -0.1) is 0 Å². The summed E-state index contributed by atoms with van der Waals surface area (Å²) in [5.41, 5.74) is 4.33. The van der Waals surface area contributed by atoms with Gasteiger partial charge in [-0.1, -0.05) is 12.1 Å². The molecule has 0 unspecified atom stereocenters. The fraction of sp³-hybridized carbons (Fsp3) is 0.0714. The first-order chi connectivity index (χ1) is 9.99. The minimum Gasteiger partial charge on any atom is -0.497 e. The van der Waals surface area contributed by atoms with Crippen molar-refractivity contribution in [3.05, 3.63) is 54.1 Å². The van der Waals surface area contributed by atoms with Crippen molar-refractivity contribution in [3.8, 4) is 5.75 Å². The summed E-state index contributed by atoms with van der Waals surface area (Å²) >= 11 is 0. The number of hydrazone groups is 1. The van der Waals surface area contributed by atoms with E-state index in [4.69, 9.17) is 9.88 Å². The smallest absolute Gasteiger partial charge is 0.238 e. The highest BCUT2D eigenvalue weighted by atomic mass is 32.2. The highest BCUT2D eigenvalue weighted by Gasteiger charge is 2.06. The second-order valence-electron chi connectivity index (χ2n) is 4.22. The molecule has 2 aromatic rings. The molecule has 0 radical (unpaired) electrons. The monoisotopic (exact) mass is 305 g/mol. The molecule has 0 aliphatic rings. The van der Waals surface area contributed by atoms with E-state index in [2.05, 4.69) is 10.5 Å². The van der Waals surface area contributed by atoms with E-state index in [0.29, 0.717) is 5.69 Å². The van der Waals surface area contributed by atoms with Crippen molar-refractivity contribution in [2.45, 2.75) is 4.90 Å². The third-order valence-electron chi connectivity index (χ3n) is 2.68. The molecular weight excluding hydrogens is 290 g/mol. The van der Waals surface area contributed by atoms with Crippen molar-refractivity contribution >= 4 is 21.9 Å². The van der Waals surface area contributed by atoms with Crippen LogP contribution in [-0.4, -0.2) is 21.7 Å². The predicted octanol–water partition coefficient (Wildman–Crippen LogP) is 1.79. The molecule has 0 aromatic heterocycles. The number of hydrogen-bond donors (Lipinski definition) is 2. The van der Waals surface area contributed by atoms with Crippen LogP contribution in [0.2, 0.25) is 0 Å². The van der Waals surface area contributed by atoms with E-state index in [1.807, 2.05) is 24.3 Å². The molecule has 6 nitrogen and oxygen atoms in total. The number of methoxy groups -OCH3 is 1. The lowest BCUT2D eigenvalue weighted by atomic mass is 10.2. The number of nitrogens with one attached hydrogen (secondary N) is 1. The Hall–Kier alpha value is -2.38. The minimum absolute atomic E-state index is 0.0600. The molecule has 0 fully saturated rings. The number of primary sulfonamides is 1. The quantitative estimate of drug-likeness (QED) is 0.650. The Balaban J connectivity index is 2.04. The van der Waals surface area contributed by atoms with E-state index in [-0.39, 0.29) is 4.90 Å². The average Bonchev–Trinajstić information content (AvgIpc) is 2.47. The van der Waals surface area contributed by atoms with Gasteiger partial charge in [0.05, 0.1) is 23.9 Å². The minimum atomic E-state index is -3.67. The average molecular weight is 305 g/mol. The number of nitrogens with zero attached hydrogens (tertiary/aromatic N) is 1. The molecule has 21 heavy (non-hydrogen) atoms. The molecule has 2 aromatic carbocycles. The summed E-state index contributed by atoms with van der Waals surface area (Å²) < 4.78 is 27.4. The maximum absolute atomic E-state index is 11.1. The Morgan fingerprint density at radius 1 is 1.19 bits per heavy atom. The zero-order chi connectivity index (χ0) is 15.3. The molecule has 7 heteroatoms. The molecule has 3 N–H and O–H groups in total. The van der Waals surface area contributed by atoms with Crippen LogP contribution in [0.4, 0.5) is 5.69 Å². The van der Waals surface area contributed by atoms with Crippen LogP contribution in [0.25, 0.3) is 0 Å². The summed E-state index contributed by atoms with van der Waals surface area (Å²) in [6.07, 6.45) is 1.64. The first-order valence-corrected chi connectivity index (χ1v) is 7.60. The molecule has 0 amide bonds. The second-order valence-corrected chi connectivity index (χ2v) is 5.78. The Bertz CT molecular complexity index is 740. The molecule has 0 atom stereocenters. The van der Waals surface area contributed by atoms with E-state index >= 15 is 0 Å². The van der Waals surface area contributed by atoms with Gasteiger partial charge < -0.3 is 4.74 Å². The molecule has 2 rings (SSSR count). The molecule has 110 valence electrons. The van der Waals surface area contributed by atoms with Gasteiger partial charge in [-0.25, -0.2) is 13.6 Å². The number of hydrogen-bond acceptors (Lipinski definition) is 5. The van der Waals surface area contributed by atoms with Gasteiger partial charge in [-0.05, 0) is 42.0 Å². The van der Waals surface area contributed by atoms with Gasteiger partial charge in [0, 0.05) is 0 Å². The van der Waals surface area contributed by atoms with E-state index in [1.54, 1.807) is 25.5 Å². The lowest BCUT2D eigenvalue weighted by Gasteiger charge is -2.02. The zero-order valence-electron chi connectivity index (χ0n) is 11.4. The van der Waals surface area contributed by atoms with Crippen molar-refractivity contribution in [3.63, 3.8) is 0 Å². The summed E-state index contributed by atoms with van der Waals surface area (Å²) in [5, 5.41) is 9.09. The van der Waals surface area contributed by atoms with Crippen LogP contribution in [0.3, 0.4) is 0 Å². The Morgan fingerprint density at radius 2 is 1.90 bits per heavy atom. The van der Waals surface area contributed by atoms with Crippen LogP contribution in [0, 0.1) is 0 Å². The molecular formula is C14H15N3O3S. The predicted molar refractivity (Wildman–Crippen MR) is 82.0 cm³/mol. The van der Waals surface area contributed by atoms with Gasteiger partial charge in [-0.2, -0.15) is 5.10 Å². The van der Waals surface area contributed by atoms with E-state index in [9.17, 15) is 8.42 Å². The summed E-state index contributed by atoms with van der Waals surface area (Å²) in [6.45, 7) is 0. The maximum Gasteiger partial charge on any atom is 0.238 e. The fourth-order valence-corrected chi connectivity index (χ4v) is 2.14. The second kappa shape index (κ2) is 6.38. The number of benzene rings is 2. The largest absolute Gasteiger partial charge is 0.497 e. The van der Waals surface area contributed by atoms with Gasteiger partial charge >= 0.3 is 0 Å². The summed E-state index contributed by atoms with van der Waals surface area (Å²) in [4.78, 5) is 0.0600. The highest BCUT2D eigenvalue weighted by molar-refractivity contribution is 7.89. The molecule has 0 spiro atoms. The van der Waals surface area contributed by atoms with Crippen molar-refractivity contribution in [2.24, 2.45) is 10.2 Å². The topological polar surface area (TPSA) is 93.8 Å². The Labute approximate surface area is 123 Å². The first-order valence-electron chi connectivity index (χ1n) is 6.05. The normalized spacial score (nSPS) is 11.5. The standard InChI is InChI=1S/C14H15N3O3S/c1-20-13-4-2-3-11(9-13)10-16-17-12-5-7-14(8-6-12)21(15,18)19/h2-10,17H,1H3,(H2,15,18,19). The lowest BCUT2D eigenvalue weighted by molar-refractivity contribution is 0.415. The van der Waals surface area contributed by atoms with Crippen LogP contribution in [0.1, 0.15) is 5.56 Å². The Kier molecular flexibility index (Phi) is 4.56. The van der Waals surface area contributed by atoms with Gasteiger partial charge in [-0.3, -0.25) is 5.43 Å². The SMILES string of the molecule is COc1cccc(C=NNc2ccc(S(N)(=O)=O)cc2)c1. The van der Waals surface area contributed by atoms with E-state index in [1.165, 1.54) is 12.1 Å². The molecule has 0 heterocycles. The third kappa shape index (κ3) is 4.30. The maximum atomic E-state index is 11.1. The van der Waals surface area contributed by atoms with Crippen LogP contribution in [0.15, 0.2) is 58.5 Å². The molecule has 0 aliphatic carbocycles. The van der Waals surface area contributed by atoms with Gasteiger partial charge in [0.2, 0.25) is 10.0 Å². The van der Waals surface area contributed by atoms with Crippen LogP contribution >= 0.6 is 0 Å². The van der Waals surface area contributed by atoms with E-state index in [0.717, 1.165) is 11.3 Å².